The normalized spacial score (nSPS) is 18.3. The standard InChI is InChI=1S/C27H33N5O3/c1-17(2)27-29-25(30-35-27)19-5-8-21(9-6-19)28-26(33)23-10-7-20-15-18(3)16-22(24(20)34-23)32-13-11-31(4)12-14-32/h5-6,8-9,15-17,23H,7,10-14H2,1-4H3,(H,28,33). The van der Waals surface area contributed by atoms with E-state index in [1.54, 1.807) is 0 Å². The SMILES string of the molecule is Cc1cc2c(c(N3CCN(C)CC3)c1)OC(C(=O)Nc1ccc(-c3noc(C(C)C)n3)cc1)CC2. The van der Waals surface area contributed by atoms with Crippen molar-refractivity contribution in [1.29, 1.82) is 0 Å². The predicted octanol–water partition coefficient (Wildman–Crippen LogP) is 4.25. The highest BCUT2D eigenvalue weighted by Crippen LogP contribution is 2.39. The number of benzene rings is 2. The van der Waals surface area contributed by atoms with Gasteiger partial charge in [0.25, 0.3) is 5.91 Å². The number of rotatable bonds is 5. The first kappa shape index (κ1) is 23.4. The Labute approximate surface area is 206 Å². The number of carbonyl (C=O) groups is 1. The summed E-state index contributed by atoms with van der Waals surface area (Å²) in [6.45, 7) is 10.1. The van der Waals surface area contributed by atoms with Crippen molar-refractivity contribution < 1.29 is 14.1 Å². The van der Waals surface area contributed by atoms with E-state index in [4.69, 9.17) is 9.26 Å². The molecule has 1 atom stereocenters. The second-order valence-corrected chi connectivity index (χ2v) is 9.89. The van der Waals surface area contributed by atoms with Crippen LogP contribution >= 0.6 is 0 Å². The zero-order valence-corrected chi connectivity index (χ0v) is 20.9. The first-order valence-corrected chi connectivity index (χ1v) is 12.4. The Kier molecular flexibility index (Phi) is 6.47. The molecule has 2 aliphatic heterocycles. The zero-order valence-electron chi connectivity index (χ0n) is 20.9. The highest BCUT2D eigenvalue weighted by molar-refractivity contribution is 5.95. The Balaban J connectivity index is 1.28. The van der Waals surface area contributed by atoms with Gasteiger partial charge >= 0.3 is 0 Å². The summed E-state index contributed by atoms with van der Waals surface area (Å²) in [5.74, 6) is 2.06. The minimum atomic E-state index is -0.526. The molecule has 1 aromatic heterocycles. The predicted molar refractivity (Wildman–Crippen MR) is 136 cm³/mol. The average Bonchev–Trinajstić information content (AvgIpc) is 3.35. The van der Waals surface area contributed by atoms with Gasteiger partial charge in [0.1, 0.15) is 5.75 Å². The van der Waals surface area contributed by atoms with Crippen molar-refractivity contribution in [2.45, 2.75) is 45.6 Å². The first-order chi connectivity index (χ1) is 16.9. The molecule has 2 aliphatic rings. The van der Waals surface area contributed by atoms with Crippen LogP contribution in [0.25, 0.3) is 11.4 Å². The molecule has 0 bridgehead atoms. The van der Waals surface area contributed by atoms with E-state index in [-0.39, 0.29) is 11.8 Å². The Morgan fingerprint density at radius 1 is 1.11 bits per heavy atom. The van der Waals surface area contributed by atoms with Crippen LogP contribution in [-0.2, 0) is 11.2 Å². The maximum absolute atomic E-state index is 13.1. The molecule has 1 saturated heterocycles. The van der Waals surface area contributed by atoms with E-state index < -0.39 is 6.10 Å². The third-order valence-electron chi connectivity index (χ3n) is 6.71. The summed E-state index contributed by atoms with van der Waals surface area (Å²) < 4.78 is 11.6. The topological polar surface area (TPSA) is 83.7 Å². The molecular weight excluding hydrogens is 442 g/mol. The number of aryl methyl sites for hydroxylation is 2. The van der Waals surface area contributed by atoms with Crippen molar-refractivity contribution in [2.24, 2.45) is 0 Å². The first-order valence-electron chi connectivity index (χ1n) is 12.4. The molecule has 0 aliphatic carbocycles. The van der Waals surface area contributed by atoms with Gasteiger partial charge in [0.2, 0.25) is 11.7 Å². The number of anilines is 2. The van der Waals surface area contributed by atoms with Crippen molar-refractivity contribution >= 4 is 17.3 Å². The summed E-state index contributed by atoms with van der Waals surface area (Å²) in [4.78, 5) is 22.3. The second-order valence-electron chi connectivity index (χ2n) is 9.89. The number of fused-ring (bicyclic) bond motifs is 1. The third-order valence-corrected chi connectivity index (χ3v) is 6.71. The second kappa shape index (κ2) is 9.70. The van der Waals surface area contributed by atoms with Gasteiger partial charge in [0, 0.05) is 43.3 Å². The number of likely N-dealkylation sites (N-methyl/N-ethyl adjacent to an activating group) is 1. The fourth-order valence-corrected chi connectivity index (χ4v) is 4.62. The van der Waals surface area contributed by atoms with Crippen LogP contribution < -0.4 is 15.0 Å². The largest absolute Gasteiger partial charge is 0.478 e. The summed E-state index contributed by atoms with van der Waals surface area (Å²) in [6, 6.07) is 11.9. The molecule has 184 valence electrons. The van der Waals surface area contributed by atoms with Crippen molar-refractivity contribution in [3.05, 3.63) is 53.4 Å². The lowest BCUT2D eigenvalue weighted by molar-refractivity contribution is -0.123. The van der Waals surface area contributed by atoms with Gasteiger partial charge in [0.15, 0.2) is 6.10 Å². The average molecular weight is 476 g/mol. The molecule has 0 saturated carbocycles. The fourth-order valence-electron chi connectivity index (χ4n) is 4.62. The number of nitrogens with zero attached hydrogens (tertiary/aromatic N) is 4. The fraction of sp³-hybridized carbons (Fsp3) is 0.444. The summed E-state index contributed by atoms with van der Waals surface area (Å²) in [7, 11) is 2.15. The molecule has 1 unspecified atom stereocenters. The van der Waals surface area contributed by atoms with Crippen LogP contribution in [0.4, 0.5) is 11.4 Å². The third kappa shape index (κ3) is 5.03. The Morgan fingerprint density at radius 2 is 1.86 bits per heavy atom. The van der Waals surface area contributed by atoms with Crippen molar-refractivity contribution in [2.75, 3.05) is 43.4 Å². The Bertz CT molecular complexity index is 1200. The van der Waals surface area contributed by atoms with Gasteiger partial charge in [-0.2, -0.15) is 4.98 Å². The summed E-state index contributed by atoms with van der Waals surface area (Å²) >= 11 is 0. The number of aromatic nitrogens is 2. The molecular formula is C27H33N5O3. The maximum Gasteiger partial charge on any atom is 0.265 e. The lowest BCUT2D eigenvalue weighted by Crippen LogP contribution is -2.45. The van der Waals surface area contributed by atoms with Gasteiger partial charge in [-0.1, -0.05) is 25.1 Å². The number of carbonyl (C=O) groups excluding carboxylic acids is 1. The van der Waals surface area contributed by atoms with Gasteiger partial charge in [0.05, 0.1) is 5.69 Å². The molecule has 1 amide bonds. The van der Waals surface area contributed by atoms with Crippen LogP contribution in [0.1, 0.15) is 43.2 Å². The van der Waals surface area contributed by atoms with Gasteiger partial charge < -0.3 is 24.4 Å². The lowest BCUT2D eigenvalue weighted by atomic mass is 9.98. The van der Waals surface area contributed by atoms with Crippen molar-refractivity contribution in [3.63, 3.8) is 0 Å². The molecule has 0 spiro atoms. The minimum absolute atomic E-state index is 0.130. The monoisotopic (exact) mass is 475 g/mol. The van der Waals surface area contributed by atoms with E-state index in [1.165, 1.54) is 11.1 Å². The minimum Gasteiger partial charge on any atom is -0.478 e. The van der Waals surface area contributed by atoms with E-state index in [0.29, 0.717) is 23.8 Å². The highest BCUT2D eigenvalue weighted by atomic mass is 16.5. The van der Waals surface area contributed by atoms with Gasteiger partial charge in [-0.3, -0.25) is 4.79 Å². The lowest BCUT2D eigenvalue weighted by Gasteiger charge is -2.37. The molecule has 8 heteroatoms. The number of amides is 1. The summed E-state index contributed by atoms with van der Waals surface area (Å²) in [6.07, 6.45) is 0.954. The van der Waals surface area contributed by atoms with Gasteiger partial charge in [-0.05, 0) is 68.3 Å². The van der Waals surface area contributed by atoms with E-state index in [9.17, 15) is 4.79 Å². The molecule has 8 nitrogen and oxygen atoms in total. The number of nitrogens with one attached hydrogen (secondary N) is 1. The van der Waals surface area contributed by atoms with Crippen molar-refractivity contribution in [3.8, 4) is 17.1 Å². The van der Waals surface area contributed by atoms with Crippen LogP contribution in [0.3, 0.4) is 0 Å². The Morgan fingerprint density at radius 3 is 2.54 bits per heavy atom. The van der Waals surface area contributed by atoms with E-state index in [2.05, 4.69) is 51.4 Å². The maximum atomic E-state index is 13.1. The van der Waals surface area contributed by atoms with Gasteiger partial charge in [-0.25, -0.2) is 0 Å². The highest BCUT2D eigenvalue weighted by Gasteiger charge is 2.30. The molecule has 5 rings (SSSR count). The van der Waals surface area contributed by atoms with Crippen LogP contribution in [0.5, 0.6) is 5.75 Å². The molecule has 1 N–H and O–H groups in total. The number of ether oxygens (including phenoxy) is 1. The molecule has 35 heavy (non-hydrogen) atoms. The zero-order chi connectivity index (χ0) is 24.5. The van der Waals surface area contributed by atoms with Crippen LogP contribution in [0, 0.1) is 6.92 Å². The summed E-state index contributed by atoms with van der Waals surface area (Å²) in [5, 5.41) is 7.06. The molecule has 1 fully saturated rings. The number of hydrogen-bond donors (Lipinski definition) is 1. The summed E-state index contributed by atoms with van der Waals surface area (Å²) in [5.41, 5.74) is 5.08. The van der Waals surface area contributed by atoms with Crippen molar-refractivity contribution in [1.82, 2.24) is 15.0 Å². The van der Waals surface area contributed by atoms with Crippen LogP contribution in [0.2, 0.25) is 0 Å². The quantitative estimate of drug-likeness (QED) is 0.590. The smallest absolute Gasteiger partial charge is 0.265 e. The molecule has 3 aromatic rings. The van der Waals surface area contributed by atoms with Gasteiger partial charge in [-0.15, -0.1) is 0 Å². The molecule has 0 radical (unpaired) electrons. The van der Waals surface area contributed by atoms with E-state index in [1.807, 2.05) is 38.1 Å². The van der Waals surface area contributed by atoms with E-state index >= 15 is 0 Å². The van der Waals surface area contributed by atoms with Crippen LogP contribution in [0.15, 0.2) is 40.9 Å². The number of piperazine rings is 1. The van der Waals surface area contributed by atoms with Crippen LogP contribution in [-0.4, -0.2) is 60.3 Å². The molecule has 3 heterocycles. The Hall–Kier alpha value is -3.39. The molecule has 2 aromatic carbocycles. The van der Waals surface area contributed by atoms with E-state index in [0.717, 1.165) is 49.6 Å². The number of hydrogen-bond acceptors (Lipinski definition) is 7.